The van der Waals surface area contributed by atoms with E-state index < -0.39 is 29.7 Å². The first-order chi connectivity index (χ1) is 18.6. The Morgan fingerprint density at radius 2 is 1.72 bits per heavy atom. The van der Waals surface area contributed by atoms with Gasteiger partial charge in [0.15, 0.2) is 0 Å². The number of piperazine rings is 1. The van der Waals surface area contributed by atoms with Gasteiger partial charge >= 0.3 is 18.2 Å². The number of anilines is 3. The van der Waals surface area contributed by atoms with Crippen molar-refractivity contribution in [3.05, 3.63) is 77.6 Å². The number of nitrogens with zero attached hydrogens (tertiary/aromatic N) is 4. The lowest BCUT2D eigenvalue weighted by Crippen LogP contribution is -2.48. The standard InChI is InChI=1S/C27H28F3N5O4/c1-39-23(36)16-19(15-18-5-3-2-4-6-18)24-22(27(28,29)30)17-31-25(33-24)32-20-7-9-21(10-8-20)34-11-13-35(14-12-34)26(37)38/h2-10,17,19H,11-16H2,1H3,(H,37,38)(H,31,32,33). The number of hydrogen-bond acceptors (Lipinski definition) is 7. The zero-order chi connectivity index (χ0) is 28.0. The van der Waals surface area contributed by atoms with Crippen molar-refractivity contribution in [3.8, 4) is 0 Å². The Balaban J connectivity index is 1.57. The first-order valence-corrected chi connectivity index (χ1v) is 12.3. The Morgan fingerprint density at radius 3 is 2.31 bits per heavy atom. The maximum absolute atomic E-state index is 14.0. The molecule has 1 unspecified atom stereocenters. The molecule has 1 atom stereocenters. The largest absolute Gasteiger partial charge is 0.469 e. The van der Waals surface area contributed by atoms with Gasteiger partial charge in [-0.2, -0.15) is 13.2 Å². The Kier molecular flexibility index (Phi) is 8.52. The Bertz CT molecular complexity index is 1280. The summed E-state index contributed by atoms with van der Waals surface area (Å²) in [4.78, 5) is 34.8. The van der Waals surface area contributed by atoms with Crippen molar-refractivity contribution in [3.63, 3.8) is 0 Å². The highest BCUT2D eigenvalue weighted by atomic mass is 19.4. The summed E-state index contributed by atoms with van der Waals surface area (Å²) < 4.78 is 46.6. The van der Waals surface area contributed by atoms with E-state index in [1.54, 1.807) is 42.5 Å². The molecule has 1 aliphatic rings. The number of alkyl halides is 3. The number of hydrogen-bond donors (Lipinski definition) is 2. The second kappa shape index (κ2) is 12.0. The molecule has 1 aliphatic heterocycles. The molecule has 0 aliphatic carbocycles. The van der Waals surface area contributed by atoms with Gasteiger partial charge in [-0.15, -0.1) is 0 Å². The molecule has 2 aromatic carbocycles. The van der Waals surface area contributed by atoms with Gasteiger partial charge in [0, 0.05) is 49.7 Å². The molecule has 206 valence electrons. The number of esters is 1. The normalized spacial score (nSPS) is 14.6. The highest BCUT2D eigenvalue weighted by molar-refractivity contribution is 5.70. The van der Waals surface area contributed by atoms with Gasteiger partial charge < -0.3 is 25.0 Å². The van der Waals surface area contributed by atoms with Gasteiger partial charge in [0.25, 0.3) is 0 Å². The van der Waals surface area contributed by atoms with Crippen LogP contribution >= 0.6 is 0 Å². The fraction of sp³-hybridized carbons (Fsp3) is 0.333. The van der Waals surface area contributed by atoms with Crippen molar-refractivity contribution in [1.29, 1.82) is 0 Å². The summed E-state index contributed by atoms with van der Waals surface area (Å²) in [5.41, 5.74) is 0.908. The number of carbonyl (C=O) groups is 2. The SMILES string of the molecule is COC(=O)CC(Cc1ccccc1)c1nc(Nc2ccc(N3CCN(C(=O)O)CC3)cc2)ncc1C(F)(F)F. The number of benzene rings is 2. The average molecular weight is 544 g/mol. The van der Waals surface area contributed by atoms with E-state index in [-0.39, 0.29) is 24.5 Å². The number of rotatable bonds is 8. The minimum atomic E-state index is -4.72. The van der Waals surface area contributed by atoms with Crippen LogP contribution in [-0.4, -0.2) is 65.3 Å². The summed E-state index contributed by atoms with van der Waals surface area (Å²) in [6, 6.07) is 16.1. The van der Waals surface area contributed by atoms with Crippen molar-refractivity contribution in [2.45, 2.75) is 24.9 Å². The second-order valence-corrected chi connectivity index (χ2v) is 9.09. The summed E-state index contributed by atoms with van der Waals surface area (Å²) in [5, 5.41) is 12.1. The van der Waals surface area contributed by atoms with Crippen molar-refractivity contribution in [2.75, 3.05) is 43.5 Å². The molecule has 0 saturated carbocycles. The summed E-state index contributed by atoms with van der Waals surface area (Å²) in [7, 11) is 1.19. The number of aromatic nitrogens is 2. The molecular formula is C27H28F3N5O4. The minimum absolute atomic E-state index is 0.0382. The van der Waals surface area contributed by atoms with Crippen LogP contribution in [0.3, 0.4) is 0 Å². The first kappa shape index (κ1) is 27.7. The molecule has 9 nitrogen and oxygen atoms in total. The zero-order valence-electron chi connectivity index (χ0n) is 21.2. The molecule has 0 bridgehead atoms. The lowest BCUT2D eigenvalue weighted by Gasteiger charge is -2.34. The van der Waals surface area contributed by atoms with Crippen LogP contribution in [0.4, 0.5) is 35.3 Å². The minimum Gasteiger partial charge on any atom is -0.469 e. The molecule has 4 rings (SSSR count). The van der Waals surface area contributed by atoms with Gasteiger partial charge in [0.1, 0.15) is 0 Å². The molecule has 12 heteroatoms. The van der Waals surface area contributed by atoms with Crippen molar-refractivity contribution in [2.24, 2.45) is 0 Å². The van der Waals surface area contributed by atoms with E-state index in [2.05, 4.69) is 20.2 Å². The van der Waals surface area contributed by atoms with Gasteiger partial charge in [-0.25, -0.2) is 14.8 Å². The smallest absolute Gasteiger partial charge is 0.419 e. The molecular weight excluding hydrogens is 515 g/mol. The maximum Gasteiger partial charge on any atom is 0.419 e. The van der Waals surface area contributed by atoms with Crippen molar-refractivity contribution >= 4 is 29.4 Å². The summed E-state index contributed by atoms with van der Waals surface area (Å²) in [6.45, 7) is 1.89. The number of methoxy groups -OCH3 is 1. The van der Waals surface area contributed by atoms with Crippen LogP contribution in [-0.2, 0) is 22.1 Å². The lowest BCUT2D eigenvalue weighted by atomic mass is 9.90. The number of carboxylic acid groups (broad SMARTS) is 1. The van der Waals surface area contributed by atoms with Gasteiger partial charge in [-0.1, -0.05) is 30.3 Å². The Hall–Kier alpha value is -4.35. The Labute approximate surface area is 223 Å². The quantitative estimate of drug-likeness (QED) is 0.385. The highest BCUT2D eigenvalue weighted by Crippen LogP contribution is 2.37. The molecule has 0 radical (unpaired) electrons. The summed E-state index contributed by atoms with van der Waals surface area (Å²) in [5.74, 6) is -1.58. The number of carbonyl (C=O) groups excluding carboxylic acids is 1. The van der Waals surface area contributed by atoms with E-state index in [0.29, 0.717) is 31.9 Å². The number of ether oxygens (including phenoxy) is 1. The van der Waals surface area contributed by atoms with Gasteiger partial charge in [-0.3, -0.25) is 4.79 Å². The number of nitrogens with one attached hydrogen (secondary N) is 1. The van der Waals surface area contributed by atoms with E-state index in [0.717, 1.165) is 17.4 Å². The fourth-order valence-electron chi connectivity index (χ4n) is 4.47. The third-order valence-corrected chi connectivity index (χ3v) is 6.51. The molecule has 3 aromatic rings. The van der Waals surface area contributed by atoms with Crippen molar-refractivity contribution < 1.29 is 32.6 Å². The van der Waals surface area contributed by atoms with Crippen LogP contribution in [0, 0.1) is 0 Å². The third kappa shape index (κ3) is 7.15. The van der Waals surface area contributed by atoms with Crippen LogP contribution in [0.15, 0.2) is 60.8 Å². The first-order valence-electron chi connectivity index (χ1n) is 12.3. The van der Waals surface area contributed by atoms with Gasteiger partial charge in [0.05, 0.1) is 24.8 Å². The number of amides is 1. The zero-order valence-corrected chi connectivity index (χ0v) is 21.2. The van der Waals surface area contributed by atoms with Crippen LogP contribution in [0.5, 0.6) is 0 Å². The fourth-order valence-corrected chi connectivity index (χ4v) is 4.47. The molecule has 1 saturated heterocycles. The van der Waals surface area contributed by atoms with E-state index in [1.165, 1.54) is 12.0 Å². The Morgan fingerprint density at radius 1 is 1.05 bits per heavy atom. The molecule has 2 N–H and O–H groups in total. The molecule has 39 heavy (non-hydrogen) atoms. The topological polar surface area (TPSA) is 108 Å². The molecule has 2 heterocycles. The van der Waals surface area contributed by atoms with E-state index in [4.69, 9.17) is 9.84 Å². The maximum atomic E-state index is 14.0. The van der Waals surface area contributed by atoms with E-state index in [1.807, 2.05) is 12.1 Å². The van der Waals surface area contributed by atoms with Crippen molar-refractivity contribution in [1.82, 2.24) is 14.9 Å². The third-order valence-electron chi connectivity index (χ3n) is 6.51. The van der Waals surface area contributed by atoms with Gasteiger partial charge in [0.2, 0.25) is 5.95 Å². The van der Waals surface area contributed by atoms with E-state index >= 15 is 0 Å². The van der Waals surface area contributed by atoms with E-state index in [9.17, 15) is 22.8 Å². The molecule has 0 spiro atoms. The number of halogens is 3. The predicted octanol–water partition coefficient (Wildman–Crippen LogP) is 4.93. The summed E-state index contributed by atoms with van der Waals surface area (Å²) >= 11 is 0. The molecule has 1 fully saturated rings. The van der Waals surface area contributed by atoms with Gasteiger partial charge in [-0.05, 0) is 36.2 Å². The lowest BCUT2D eigenvalue weighted by molar-refractivity contribution is -0.143. The second-order valence-electron chi connectivity index (χ2n) is 9.09. The van der Waals surface area contributed by atoms with Crippen LogP contribution in [0.1, 0.15) is 29.2 Å². The van der Waals surface area contributed by atoms with Crippen LogP contribution in [0.25, 0.3) is 0 Å². The predicted molar refractivity (Wildman–Crippen MR) is 138 cm³/mol. The average Bonchev–Trinajstić information content (AvgIpc) is 2.93. The summed E-state index contributed by atoms with van der Waals surface area (Å²) in [6.07, 6.45) is -5.06. The van der Waals surface area contributed by atoms with Crippen LogP contribution < -0.4 is 10.2 Å². The van der Waals surface area contributed by atoms with Crippen LogP contribution in [0.2, 0.25) is 0 Å². The molecule has 1 amide bonds. The highest BCUT2D eigenvalue weighted by Gasteiger charge is 2.38. The monoisotopic (exact) mass is 543 g/mol. The molecule has 1 aromatic heterocycles.